The van der Waals surface area contributed by atoms with Gasteiger partial charge in [0.2, 0.25) is 0 Å². The van der Waals surface area contributed by atoms with Crippen LogP contribution in [0.25, 0.3) is 0 Å². The van der Waals surface area contributed by atoms with E-state index in [1.165, 1.54) is 18.2 Å². The van der Waals surface area contributed by atoms with Gasteiger partial charge in [-0.1, -0.05) is 12.1 Å². The number of hydrogen-bond donors (Lipinski definition) is 1. The maximum atomic E-state index is 13.0. The normalized spacial score (nSPS) is 23.7. The van der Waals surface area contributed by atoms with E-state index in [1.54, 1.807) is 12.1 Å². The summed E-state index contributed by atoms with van der Waals surface area (Å²) in [6.07, 6.45) is 2.39. The highest BCUT2D eigenvalue weighted by molar-refractivity contribution is 8.00. The molecule has 2 atom stereocenters. The molecule has 1 saturated heterocycles. The number of halogens is 1. The van der Waals surface area contributed by atoms with Crippen molar-refractivity contribution in [2.45, 2.75) is 24.1 Å². The lowest BCUT2D eigenvalue weighted by atomic mass is 10.0. The van der Waals surface area contributed by atoms with Crippen molar-refractivity contribution in [2.75, 3.05) is 5.75 Å². The van der Waals surface area contributed by atoms with Crippen LogP contribution in [0.4, 0.5) is 4.39 Å². The van der Waals surface area contributed by atoms with Gasteiger partial charge in [-0.2, -0.15) is 11.8 Å². The van der Waals surface area contributed by atoms with Crippen LogP contribution in [0.5, 0.6) is 0 Å². The van der Waals surface area contributed by atoms with Crippen molar-refractivity contribution < 1.29 is 4.39 Å². The Labute approximate surface area is 87.9 Å². The van der Waals surface area contributed by atoms with E-state index in [1.807, 2.05) is 17.8 Å². The Kier molecular flexibility index (Phi) is 3.08. The molecule has 1 fully saturated rings. The lowest BCUT2D eigenvalue weighted by molar-refractivity contribution is 0.609. The fourth-order valence-electron chi connectivity index (χ4n) is 1.81. The second kappa shape index (κ2) is 4.32. The minimum absolute atomic E-state index is 0.0156. The molecule has 1 aliphatic heterocycles. The van der Waals surface area contributed by atoms with Crippen molar-refractivity contribution in [3.63, 3.8) is 0 Å². The van der Waals surface area contributed by atoms with Gasteiger partial charge in [0, 0.05) is 11.3 Å². The van der Waals surface area contributed by atoms with Crippen LogP contribution in [0.1, 0.15) is 24.4 Å². The van der Waals surface area contributed by atoms with Crippen LogP contribution in [0.15, 0.2) is 24.3 Å². The average Bonchev–Trinajstić information content (AvgIpc) is 2.69. The summed E-state index contributed by atoms with van der Waals surface area (Å²) in [6, 6.07) is 6.62. The molecule has 76 valence electrons. The minimum Gasteiger partial charge on any atom is -0.323 e. The predicted molar refractivity (Wildman–Crippen MR) is 58.8 cm³/mol. The molecular formula is C11H14FNS. The van der Waals surface area contributed by atoms with Crippen LogP contribution in [0.2, 0.25) is 0 Å². The topological polar surface area (TPSA) is 26.0 Å². The van der Waals surface area contributed by atoms with Gasteiger partial charge in [0.05, 0.1) is 0 Å². The zero-order valence-corrected chi connectivity index (χ0v) is 8.77. The molecule has 1 aromatic rings. The van der Waals surface area contributed by atoms with Crippen molar-refractivity contribution in [3.8, 4) is 0 Å². The van der Waals surface area contributed by atoms with E-state index in [9.17, 15) is 4.39 Å². The maximum Gasteiger partial charge on any atom is 0.123 e. The van der Waals surface area contributed by atoms with Crippen LogP contribution in [0.3, 0.4) is 0 Å². The number of hydrogen-bond acceptors (Lipinski definition) is 2. The molecule has 1 heterocycles. The number of benzene rings is 1. The summed E-state index contributed by atoms with van der Waals surface area (Å²) in [5.41, 5.74) is 7.00. The van der Waals surface area contributed by atoms with Gasteiger partial charge in [-0.25, -0.2) is 4.39 Å². The Morgan fingerprint density at radius 3 is 3.00 bits per heavy atom. The van der Waals surface area contributed by atoms with Crippen molar-refractivity contribution >= 4 is 11.8 Å². The zero-order valence-electron chi connectivity index (χ0n) is 7.95. The van der Waals surface area contributed by atoms with Crippen molar-refractivity contribution in [3.05, 3.63) is 35.6 Å². The molecule has 3 heteroatoms. The maximum absolute atomic E-state index is 13.0. The molecule has 0 saturated carbocycles. The molecule has 2 unspecified atom stereocenters. The third-order valence-corrected chi connectivity index (χ3v) is 4.08. The van der Waals surface area contributed by atoms with Crippen LogP contribution in [-0.4, -0.2) is 11.0 Å². The molecule has 1 aliphatic rings. The molecule has 0 radical (unpaired) electrons. The molecule has 2 N–H and O–H groups in total. The first-order valence-electron chi connectivity index (χ1n) is 4.90. The third kappa shape index (κ3) is 2.10. The van der Waals surface area contributed by atoms with Crippen LogP contribution < -0.4 is 5.73 Å². The fourth-order valence-corrected chi connectivity index (χ4v) is 3.15. The van der Waals surface area contributed by atoms with Crippen molar-refractivity contribution in [1.29, 1.82) is 0 Å². The minimum atomic E-state index is -0.194. The summed E-state index contributed by atoms with van der Waals surface area (Å²) in [5, 5.41) is 0.469. The molecular weight excluding hydrogens is 197 g/mol. The van der Waals surface area contributed by atoms with E-state index >= 15 is 0 Å². The second-order valence-electron chi connectivity index (χ2n) is 3.63. The van der Waals surface area contributed by atoms with E-state index in [0.29, 0.717) is 5.25 Å². The van der Waals surface area contributed by atoms with E-state index in [0.717, 1.165) is 12.0 Å². The Bertz CT molecular complexity index is 310. The van der Waals surface area contributed by atoms with Gasteiger partial charge in [0.1, 0.15) is 5.82 Å². The molecule has 1 nitrogen and oxygen atoms in total. The Morgan fingerprint density at radius 1 is 1.50 bits per heavy atom. The summed E-state index contributed by atoms with van der Waals surface area (Å²) >= 11 is 1.90. The summed E-state index contributed by atoms with van der Waals surface area (Å²) in [4.78, 5) is 0. The lowest BCUT2D eigenvalue weighted by Crippen LogP contribution is -2.21. The highest BCUT2D eigenvalue weighted by atomic mass is 32.2. The SMILES string of the molecule is NC(c1cccc(F)c1)C1CCCS1. The van der Waals surface area contributed by atoms with Gasteiger partial charge < -0.3 is 5.73 Å². The van der Waals surface area contributed by atoms with Gasteiger partial charge >= 0.3 is 0 Å². The standard InChI is InChI=1S/C11H14FNS/c12-9-4-1-3-8(7-9)11(13)10-5-2-6-14-10/h1,3-4,7,10-11H,2,5-6,13H2. The van der Waals surface area contributed by atoms with Crippen LogP contribution >= 0.6 is 11.8 Å². The average molecular weight is 211 g/mol. The molecule has 14 heavy (non-hydrogen) atoms. The molecule has 1 aromatic carbocycles. The van der Waals surface area contributed by atoms with Crippen LogP contribution in [0, 0.1) is 5.82 Å². The first-order valence-corrected chi connectivity index (χ1v) is 5.95. The lowest BCUT2D eigenvalue weighted by Gasteiger charge is -2.18. The van der Waals surface area contributed by atoms with Gasteiger partial charge in [-0.15, -0.1) is 0 Å². The first-order chi connectivity index (χ1) is 6.77. The zero-order chi connectivity index (χ0) is 9.97. The number of thioether (sulfide) groups is 1. The quantitative estimate of drug-likeness (QED) is 0.814. The van der Waals surface area contributed by atoms with Gasteiger partial charge in [0.25, 0.3) is 0 Å². The Balaban J connectivity index is 2.13. The molecule has 0 spiro atoms. The van der Waals surface area contributed by atoms with Gasteiger partial charge in [-0.05, 0) is 36.3 Å². The number of nitrogens with two attached hydrogens (primary N) is 1. The highest BCUT2D eigenvalue weighted by Gasteiger charge is 2.23. The molecule has 0 aromatic heterocycles. The van der Waals surface area contributed by atoms with Gasteiger partial charge in [0.15, 0.2) is 0 Å². The van der Waals surface area contributed by atoms with Gasteiger partial charge in [-0.3, -0.25) is 0 Å². The van der Waals surface area contributed by atoms with Crippen LogP contribution in [-0.2, 0) is 0 Å². The van der Waals surface area contributed by atoms with E-state index < -0.39 is 0 Å². The summed E-state index contributed by atoms with van der Waals surface area (Å²) < 4.78 is 13.0. The molecule has 0 bridgehead atoms. The molecule has 0 amide bonds. The fraction of sp³-hybridized carbons (Fsp3) is 0.455. The summed E-state index contributed by atoms with van der Waals surface area (Å²) in [6.45, 7) is 0. The second-order valence-corrected chi connectivity index (χ2v) is 4.98. The third-order valence-electron chi connectivity index (χ3n) is 2.60. The summed E-state index contributed by atoms with van der Waals surface area (Å²) in [5.74, 6) is 0.995. The van der Waals surface area contributed by atoms with E-state index in [2.05, 4.69) is 0 Å². The van der Waals surface area contributed by atoms with Crippen molar-refractivity contribution in [2.24, 2.45) is 5.73 Å². The monoisotopic (exact) mass is 211 g/mol. The predicted octanol–water partition coefficient (Wildman–Crippen LogP) is 2.72. The first kappa shape index (κ1) is 9.99. The number of rotatable bonds is 2. The highest BCUT2D eigenvalue weighted by Crippen LogP contribution is 2.34. The summed E-state index contributed by atoms with van der Waals surface area (Å²) in [7, 11) is 0. The van der Waals surface area contributed by atoms with Crippen molar-refractivity contribution in [1.82, 2.24) is 0 Å². The smallest absolute Gasteiger partial charge is 0.123 e. The van der Waals surface area contributed by atoms with E-state index in [-0.39, 0.29) is 11.9 Å². The largest absolute Gasteiger partial charge is 0.323 e. The Morgan fingerprint density at radius 2 is 2.36 bits per heavy atom. The van der Waals surface area contributed by atoms with E-state index in [4.69, 9.17) is 5.73 Å². The molecule has 2 rings (SSSR count). The molecule has 0 aliphatic carbocycles. The Hall–Kier alpha value is -0.540.